The Kier molecular flexibility index (Phi) is 3.29. The molecule has 0 aliphatic carbocycles. The van der Waals surface area contributed by atoms with Crippen LogP contribution in [0.2, 0.25) is 0 Å². The summed E-state index contributed by atoms with van der Waals surface area (Å²) < 4.78 is 9.91. The molecule has 2 heterocycles. The highest BCUT2D eigenvalue weighted by Gasteiger charge is 2.30. The van der Waals surface area contributed by atoms with E-state index >= 15 is 0 Å². The predicted molar refractivity (Wildman–Crippen MR) is 73.8 cm³/mol. The van der Waals surface area contributed by atoms with Gasteiger partial charge < -0.3 is 9.47 Å². The summed E-state index contributed by atoms with van der Waals surface area (Å²) in [6.45, 7) is 4.04. The first-order valence-electron chi connectivity index (χ1n) is 6.67. The average Bonchev–Trinajstić information content (AvgIpc) is 2.85. The normalized spacial score (nSPS) is 17.8. The summed E-state index contributed by atoms with van der Waals surface area (Å²) in [6.07, 6.45) is -0.407. The van der Waals surface area contributed by atoms with Crippen molar-refractivity contribution in [2.75, 3.05) is 6.61 Å². The second-order valence-corrected chi connectivity index (χ2v) is 4.95. The van der Waals surface area contributed by atoms with Crippen LogP contribution in [0.5, 0.6) is 0 Å². The number of rotatable bonds is 2. The fourth-order valence-corrected chi connectivity index (χ4v) is 2.14. The molecule has 108 valence electrons. The van der Waals surface area contributed by atoms with Crippen molar-refractivity contribution in [2.45, 2.75) is 26.4 Å². The molecule has 1 saturated heterocycles. The third-order valence-electron chi connectivity index (χ3n) is 3.45. The molecule has 0 unspecified atom stereocenters. The van der Waals surface area contributed by atoms with Gasteiger partial charge in [-0.25, -0.2) is 19.6 Å². The maximum Gasteiger partial charge on any atom is 0.347 e. The third kappa shape index (κ3) is 2.56. The summed E-state index contributed by atoms with van der Waals surface area (Å²) >= 11 is 0. The molecule has 6 heteroatoms. The Morgan fingerprint density at radius 2 is 1.95 bits per heavy atom. The minimum absolute atomic E-state index is 0.290. The molecule has 0 spiro atoms. The molecule has 6 nitrogen and oxygen atoms in total. The van der Waals surface area contributed by atoms with Crippen molar-refractivity contribution in [3.8, 4) is 0 Å². The second kappa shape index (κ2) is 5.12. The van der Waals surface area contributed by atoms with E-state index < -0.39 is 18.0 Å². The van der Waals surface area contributed by atoms with Crippen LogP contribution in [0.25, 0.3) is 11.0 Å². The van der Waals surface area contributed by atoms with Gasteiger partial charge in [-0.15, -0.1) is 0 Å². The number of hydrogen-bond donors (Lipinski definition) is 0. The first kappa shape index (κ1) is 13.5. The summed E-state index contributed by atoms with van der Waals surface area (Å²) in [5.74, 6) is -1.05. The fraction of sp³-hybridized carbons (Fsp3) is 0.333. The van der Waals surface area contributed by atoms with Crippen molar-refractivity contribution in [1.29, 1.82) is 0 Å². The van der Waals surface area contributed by atoms with Crippen molar-refractivity contribution in [1.82, 2.24) is 9.97 Å². The highest BCUT2D eigenvalue weighted by atomic mass is 16.6. The minimum atomic E-state index is -0.806. The molecule has 0 bridgehead atoms. The van der Waals surface area contributed by atoms with Crippen LogP contribution in [0.4, 0.5) is 0 Å². The van der Waals surface area contributed by atoms with Crippen molar-refractivity contribution >= 4 is 23.0 Å². The second-order valence-electron chi connectivity index (χ2n) is 4.95. The minimum Gasteiger partial charge on any atom is -0.463 e. The molecular formula is C15H14N2O4. The van der Waals surface area contributed by atoms with E-state index in [0.717, 1.165) is 16.9 Å². The SMILES string of the molecule is Cc1nc2ccc(C(=O)O[C@H]3CCOC3=O)cc2nc1C. The lowest BCUT2D eigenvalue weighted by Gasteiger charge is -2.09. The Hall–Kier alpha value is -2.50. The molecule has 21 heavy (non-hydrogen) atoms. The summed E-state index contributed by atoms with van der Waals surface area (Å²) in [7, 11) is 0. The molecule has 0 N–H and O–H groups in total. The molecule has 1 aromatic heterocycles. The molecule has 2 aromatic rings. The van der Waals surface area contributed by atoms with Gasteiger partial charge in [0.15, 0.2) is 0 Å². The van der Waals surface area contributed by atoms with E-state index in [0.29, 0.717) is 24.1 Å². The monoisotopic (exact) mass is 286 g/mol. The van der Waals surface area contributed by atoms with Gasteiger partial charge in [0.1, 0.15) is 0 Å². The summed E-state index contributed by atoms with van der Waals surface area (Å²) in [6, 6.07) is 4.96. The van der Waals surface area contributed by atoms with E-state index in [1.165, 1.54) is 0 Å². The van der Waals surface area contributed by atoms with Gasteiger partial charge in [0.25, 0.3) is 0 Å². The number of cyclic esters (lactones) is 1. The molecular weight excluding hydrogens is 272 g/mol. The fourth-order valence-electron chi connectivity index (χ4n) is 2.14. The molecule has 0 amide bonds. The molecule has 3 rings (SSSR count). The van der Waals surface area contributed by atoms with Gasteiger partial charge in [0.05, 0.1) is 34.6 Å². The zero-order valence-electron chi connectivity index (χ0n) is 11.8. The lowest BCUT2D eigenvalue weighted by atomic mass is 10.2. The summed E-state index contributed by atoms with van der Waals surface area (Å²) in [5.41, 5.74) is 3.36. The van der Waals surface area contributed by atoms with Crippen LogP contribution in [0.3, 0.4) is 0 Å². The first-order valence-corrected chi connectivity index (χ1v) is 6.67. The zero-order chi connectivity index (χ0) is 15.0. The summed E-state index contributed by atoms with van der Waals surface area (Å²) in [4.78, 5) is 32.2. The Bertz CT molecular complexity index is 742. The van der Waals surface area contributed by atoms with Crippen LogP contribution >= 0.6 is 0 Å². The number of aromatic nitrogens is 2. The number of esters is 2. The van der Waals surface area contributed by atoms with Crippen molar-refractivity contribution in [3.05, 3.63) is 35.2 Å². The van der Waals surface area contributed by atoms with Crippen LogP contribution in [0.1, 0.15) is 28.2 Å². The Labute approximate surface area is 121 Å². The molecule has 1 aliphatic rings. The smallest absolute Gasteiger partial charge is 0.347 e. The number of benzene rings is 1. The van der Waals surface area contributed by atoms with Crippen molar-refractivity contribution < 1.29 is 19.1 Å². The number of fused-ring (bicyclic) bond motifs is 1. The quantitative estimate of drug-likeness (QED) is 0.782. The topological polar surface area (TPSA) is 78.4 Å². The highest BCUT2D eigenvalue weighted by Crippen LogP contribution is 2.17. The van der Waals surface area contributed by atoms with E-state index in [4.69, 9.17) is 9.47 Å². The standard InChI is InChI=1S/C15H14N2O4/c1-8-9(2)17-12-7-10(3-4-11(12)16-8)14(18)21-13-5-6-20-15(13)19/h3-4,7,13H,5-6H2,1-2H3/t13-/m0/s1. The zero-order valence-corrected chi connectivity index (χ0v) is 11.8. The molecule has 1 atom stereocenters. The van der Waals surface area contributed by atoms with E-state index in [-0.39, 0.29) is 0 Å². The third-order valence-corrected chi connectivity index (χ3v) is 3.45. The summed E-state index contributed by atoms with van der Waals surface area (Å²) in [5, 5.41) is 0. The van der Waals surface area contributed by atoms with E-state index in [2.05, 4.69) is 9.97 Å². The van der Waals surface area contributed by atoms with Gasteiger partial charge in [-0.3, -0.25) is 0 Å². The van der Waals surface area contributed by atoms with Gasteiger partial charge in [-0.05, 0) is 32.0 Å². The number of ether oxygens (including phenoxy) is 2. The highest BCUT2D eigenvalue weighted by molar-refractivity contribution is 5.95. The van der Waals surface area contributed by atoms with Gasteiger partial charge >= 0.3 is 11.9 Å². The maximum absolute atomic E-state index is 12.1. The van der Waals surface area contributed by atoms with Crippen LogP contribution in [0, 0.1) is 13.8 Å². The lowest BCUT2D eigenvalue weighted by molar-refractivity contribution is -0.145. The number of aryl methyl sites for hydroxylation is 2. The van der Waals surface area contributed by atoms with Gasteiger partial charge in [-0.1, -0.05) is 0 Å². The lowest BCUT2D eigenvalue weighted by Crippen LogP contribution is -2.22. The number of carbonyl (C=O) groups excluding carboxylic acids is 2. The molecule has 1 aliphatic heterocycles. The Morgan fingerprint density at radius 3 is 2.62 bits per heavy atom. The van der Waals surface area contributed by atoms with Crippen molar-refractivity contribution in [2.24, 2.45) is 0 Å². The molecule has 0 saturated carbocycles. The van der Waals surface area contributed by atoms with E-state index in [1.54, 1.807) is 18.2 Å². The van der Waals surface area contributed by atoms with Gasteiger partial charge in [0.2, 0.25) is 6.10 Å². The van der Waals surface area contributed by atoms with Gasteiger partial charge in [-0.2, -0.15) is 0 Å². The van der Waals surface area contributed by atoms with Crippen molar-refractivity contribution in [3.63, 3.8) is 0 Å². The van der Waals surface area contributed by atoms with E-state index in [1.807, 2.05) is 13.8 Å². The van der Waals surface area contributed by atoms with E-state index in [9.17, 15) is 9.59 Å². The predicted octanol–water partition coefficient (Wildman–Crippen LogP) is 1.72. The van der Waals surface area contributed by atoms with Crippen LogP contribution in [-0.2, 0) is 14.3 Å². The average molecular weight is 286 g/mol. The first-order chi connectivity index (χ1) is 10.0. The Morgan fingerprint density at radius 1 is 1.24 bits per heavy atom. The molecule has 1 fully saturated rings. The van der Waals surface area contributed by atoms with Crippen LogP contribution in [0.15, 0.2) is 18.2 Å². The van der Waals surface area contributed by atoms with Crippen LogP contribution in [-0.4, -0.2) is 34.6 Å². The maximum atomic E-state index is 12.1. The number of hydrogen-bond acceptors (Lipinski definition) is 6. The van der Waals surface area contributed by atoms with Gasteiger partial charge in [0, 0.05) is 6.42 Å². The number of carbonyl (C=O) groups is 2. The molecule has 1 aromatic carbocycles. The Balaban J connectivity index is 1.88. The van der Waals surface area contributed by atoms with Crippen LogP contribution < -0.4 is 0 Å². The number of nitrogens with zero attached hydrogens (tertiary/aromatic N) is 2. The molecule has 0 radical (unpaired) electrons. The largest absolute Gasteiger partial charge is 0.463 e.